The Hall–Kier alpha value is -1.59. The minimum absolute atomic E-state index is 0.155. The molecule has 25 heavy (non-hydrogen) atoms. The van der Waals surface area contributed by atoms with E-state index in [1.807, 2.05) is 24.3 Å². The van der Waals surface area contributed by atoms with Crippen molar-refractivity contribution in [3.05, 3.63) is 58.6 Å². The van der Waals surface area contributed by atoms with Gasteiger partial charge in [0.15, 0.2) is 5.11 Å². The van der Waals surface area contributed by atoms with E-state index in [1.54, 1.807) is 0 Å². The van der Waals surface area contributed by atoms with Gasteiger partial charge in [0, 0.05) is 28.9 Å². The fraction of sp³-hybridized carbons (Fsp3) is 0.350. The van der Waals surface area contributed by atoms with Crippen molar-refractivity contribution < 1.29 is 0 Å². The summed E-state index contributed by atoms with van der Waals surface area (Å²) in [5, 5.41) is 7.21. The first-order valence-corrected chi connectivity index (χ1v) is 10.00. The van der Waals surface area contributed by atoms with Gasteiger partial charge in [0.25, 0.3) is 0 Å². The highest BCUT2D eigenvalue weighted by Crippen LogP contribution is 2.22. The Morgan fingerprint density at radius 1 is 1.08 bits per heavy atom. The number of nitrogens with zero attached hydrogens (tertiary/aromatic N) is 1. The van der Waals surface area contributed by atoms with Gasteiger partial charge in [-0.25, -0.2) is 0 Å². The van der Waals surface area contributed by atoms with Crippen LogP contribution < -0.4 is 15.5 Å². The summed E-state index contributed by atoms with van der Waals surface area (Å²) in [6, 6.07) is 17.0. The van der Waals surface area contributed by atoms with E-state index in [9.17, 15) is 0 Å². The molecule has 0 spiro atoms. The van der Waals surface area contributed by atoms with Crippen LogP contribution in [0.1, 0.15) is 37.8 Å². The topological polar surface area (TPSA) is 27.3 Å². The lowest BCUT2D eigenvalue weighted by Gasteiger charge is -2.29. The second-order valence-corrected chi connectivity index (χ2v) is 7.79. The maximum Gasteiger partial charge on any atom is 0.171 e. The fourth-order valence-electron chi connectivity index (χ4n) is 3.14. The Morgan fingerprint density at radius 3 is 2.48 bits per heavy atom. The average Bonchev–Trinajstić information content (AvgIpc) is 2.62. The number of hydrogen-bond donors (Lipinski definition) is 2. The molecule has 2 N–H and O–H groups in total. The number of thiocarbonyl (C=S) groups is 1. The molecule has 0 radical (unpaired) electrons. The van der Waals surface area contributed by atoms with Gasteiger partial charge < -0.3 is 15.5 Å². The second-order valence-electron chi connectivity index (χ2n) is 6.47. The molecule has 1 atom stereocenters. The summed E-state index contributed by atoms with van der Waals surface area (Å²) in [7, 11) is 0. The lowest BCUT2D eigenvalue weighted by atomic mass is 10.1. The van der Waals surface area contributed by atoms with Crippen LogP contribution in [0.2, 0.25) is 0 Å². The standard InChI is InChI=1S/C20H24BrN3S/c1-15(22-20(25)23-18-7-5-6-17(21)14-18)16-8-10-19(11-9-16)24-12-3-2-4-13-24/h5-11,14-15H,2-4,12-13H2,1H3,(H2,22,23,25)/t15-/m0/s1. The van der Waals surface area contributed by atoms with E-state index >= 15 is 0 Å². The van der Waals surface area contributed by atoms with Gasteiger partial charge in [0.2, 0.25) is 0 Å². The molecule has 3 nitrogen and oxygen atoms in total. The summed E-state index contributed by atoms with van der Waals surface area (Å²) in [6.07, 6.45) is 3.96. The first-order chi connectivity index (χ1) is 12.1. The highest BCUT2D eigenvalue weighted by molar-refractivity contribution is 9.10. The zero-order valence-corrected chi connectivity index (χ0v) is 16.9. The number of anilines is 2. The first kappa shape index (κ1) is 18.2. The molecular weight excluding hydrogens is 394 g/mol. The number of hydrogen-bond acceptors (Lipinski definition) is 2. The SMILES string of the molecule is C[C@H](NC(=S)Nc1cccc(Br)c1)c1ccc(N2CCCCC2)cc1. The maximum atomic E-state index is 5.44. The molecule has 1 fully saturated rings. The third kappa shape index (κ3) is 5.19. The van der Waals surface area contributed by atoms with Crippen LogP contribution in [0.5, 0.6) is 0 Å². The molecule has 0 saturated carbocycles. The van der Waals surface area contributed by atoms with Gasteiger partial charge in [0.1, 0.15) is 0 Å². The van der Waals surface area contributed by atoms with Crippen LogP contribution in [0.3, 0.4) is 0 Å². The van der Waals surface area contributed by atoms with Crippen LogP contribution in [0.15, 0.2) is 53.0 Å². The Bertz CT molecular complexity index is 711. The van der Waals surface area contributed by atoms with Crippen molar-refractivity contribution in [2.75, 3.05) is 23.3 Å². The highest BCUT2D eigenvalue weighted by Gasteiger charge is 2.12. The van der Waals surface area contributed by atoms with E-state index in [-0.39, 0.29) is 6.04 Å². The fourth-order valence-corrected chi connectivity index (χ4v) is 3.83. The Morgan fingerprint density at radius 2 is 1.80 bits per heavy atom. The van der Waals surface area contributed by atoms with Crippen molar-refractivity contribution in [3.8, 4) is 0 Å². The van der Waals surface area contributed by atoms with Gasteiger partial charge in [-0.2, -0.15) is 0 Å². The largest absolute Gasteiger partial charge is 0.372 e. The van der Waals surface area contributed by atoms with E-state index < -0.39 is 0 Å². The van der Waals surface area contributed by atoms with Crippen LogP contribution in [-0.2, 0) is 0 Å². The Balaban J connectivity index is 1.57. The van der Waals surface area contributed by atoms with Crippen molar-refractivity contribution in [1.29, 1.82) is 0 Å². The van der Waals surface area contributed by atoms with Crippen LogP contribution in [-0.4, -0.2) is 18.2 Å². The number of nitrogens with one attached hydrogen (secondary N) is 2. The monoisotopic (exact) mass is 417 g/mol. The Labute approximate surface area is 163 Å². The third-order valence-corrected chi connectivity index (χ3v) is 5.26. The molecule has 3 rings (SSSR count). The highest BCUT2D eigenvalue weighted by atomic mass is 79.9. The molecule has 0 aromatic heterocycles. The molecule has 0 bridgehead atoms. The number of rotatable bonds is 4. The summed E-state index contributed by atoms with van der Waals surface area (Å²) in [6.45, 7) is 4.48. The second kappa shape index (κ2) is 8.68. The first-order valence-electron chi connectivity index (χ1n) is 8.80. The molecule has 0 unspecified atom stereocenters. The lowest BCUT2D eigenvalue weighted by Crippen LogP contribution is -2.31. The van der Waals surface area contributed by atoms with E-state index in [0.29, 0.717) is 5.11 Å². The minimum atomic E-state index is 0.155. The average molecular weight is 418 g/mol. The van der Waals surface area contributed by atoms with E-state index in [0.717, 1.165) is 10.2 Å². The van der Waals surface area contributed by atoms with Gasteiger partial charge in [-0.05, 0) is 74.3 Å². The summed E-state index contributed by atoms with van der Waals surface area (Å²) in [5.41, 5.74) is 3.53. The molecule has 1 saturated heterocycles. The predicted octanol–water partition coefficient (Wildman–Crippen LogP) is 5.49. The smallest absolute Gasteiger partial charge is 0.171 e. The lowest BCUT2D eigenvalue weighted by molar-refractivity contribution is 0.577. The summed E-state index contributed by atoms with van der Waals surface area (Å²) in [4.78, 5) is 2.48. The van der Waals surface area contributed by atoms with Gasteiger partial charge in [0.05, 0.1) is 6.04 Å². The van der Waals surface area contributed by atoms with Crippen LogP contribution in [0.25, 0.3) is 0 Å². The number of benzene rings is 2. The van der Waals surface area contributed by atoms with E-state index in [4.69, 9.17) is 12.2 Å². The van der Waals surface area contributed by atoms with Gasteiger partial charge >= 0.3 is 0 Å². The molecular formula is C20H24BrN3S. The molecule has 2 aromatic carbocycles. The summed E-state index contributed by atoms with van der Waals surface area (Å²) in [5.74, 6) is 0. The summed E-state index contributed by atoms with van der Waals surface area (Å²) < 4.78 is 1.03. The van der Waals surface area contributed by atoms with Gasteiger partial charge in [-0.15, -0.1) is 0 Å². The molecule has 132 valence electrons. The van der Waals surface area contributed by atoms with Gasteiger partial charge in [-0.1, -0.05) is 34.1 Å². The van der Waals surface area contributed by atoms with Crippen LogP contribution >= 0.6 is 28.1 Å². The number of halogens is 1. The Kier molecular flexibility index (Phi) is 6.32. The molecule has 1 aliphatic rings. The molecule has 0 aliphatic carbocycles. The van der Waals surface area contributed by atoms with E-state index in [2.05, 4.69) is 62.7 Å². The van der Waals surface area contributed by atoms with E-state index in [1.165, 1.54) is 43.6 Å². The molecule has 2 aromatic rings. The molecule has 1 aliphatic heterocycles. The van der Waals surface area contributed by atoms with Crippen LogP contribution in [0.4, 0.5) is 11.4 Å². The third-order valence-electron chi connectivity index (χ3n) is 4.54. The van der Waals surface area contributed by atoms with Crippen molar-refractivity contribution in [2.45, 2.75) is 32.2 Å². The summed E-state index contributed by atoms with van der Waals surface area (Å²) >= 11 is 8.91. The van der Waals surface area contributed by atoms with Crippen molar-refractivity contribution in [3.63, 3.8) is 0 Å². The quantitative estimate of drug-likeness (QED) is 0.643. The maximum absolute atomic E-state index is 5.44. The zero-order chi connectivity index (χ0) is 17.6. The normalized spacial score (nSPS) is 15.5. The number of piperidine rings is 1. The predicted molar refractivity (Wildman–Crippen MR) is 114 cm³/mol. The van der Waals surface area contributed by atoms with Crippen molar-refractivity contribution in [2.24, 2.45) is 0 Å². The van der Waals surface area contributed by atoms with Gasteiger partial charge in [-0.3, -0.25) is 0 Å². The minimum Gasteiger partial charge on any atom is -0.372 e. The molecule has 5 heteroatoms. The van der Waals surface area contributed by atoms with Crippen LogP contribution in [0, 0.1) is 0 Å². The molecule has 0 amide bonds. The van der Waals surface area contributed by atoms with Crippen molar-refractivity contribution in [1.82, 2.24) is 5.32 Å². The van der Waals surface area contributed by atoms with Crippen molar-refractivity contribution >= 4 is 44.6 Å². The zero-order valence-electron chi connectivity index (χ0n) is 14.5. The molecule has 1 heterocycles.